The van der Waals surface area contributed by atoms with Crippen LogP contribution in [0.25, 0.3) is 0 Å². The first kappa shape index (κ1) is 16.6. The number of benzene rings is 1. The van der Waals surface area contributed by atoms with Crippen LogP contribution in [0.1, 0.15) is 18.4 Å². The average molecular weight is 343 g/mol. The van der Waals surface area contributed by atoms with Crippen LogP contribution in [0.5, 0.6) is 5.75 Å². The summed E-state index contributed by atoms with van der Waals surface area (Å²) in [6.07, 6.45) is 7.92. The number of hydrogen-bond acceptors (Lipinski definition) is 4. The largest absolute Gasteiger partial charge is 0.493 e. The molecule has 0 saturated heterocycles. The summed E-state index contributed by atoms with van der Waals surface area (Å²) in [7, 11) is 0. The van der Waals surface area contributed by atoms with E-state index < -0.39 is 0 Å². The first-order valence-corrected chi connectivity index (χ1v) is 9.05. The minimum absolute atomic E-state index is 0.0751. The second-order valence-electron chi connectivity index (χ2n) is 5.57. The van der Waals surface area contributed by atoms with Gasteiger partial charge in [0.05, 0.1) is 6.61 Å². The maximum absolute atomic E-state index is 11.5. The maximum atomic E-state index is 11.5. The zero-order valence-corrected chi connectivity index (χ0v) is 14.3. The van der Waals surface area contributed by atoms with Crippen LogP contribution >= 0.6 is 11.8 Å². The summed E-state index contributed by atoms with van der Waals surface area (Å²) in [6.45, 7) is 5.17. The van der Waals surface area contributed by atoms with E-state index in [0.29, 0.717) is 13.0 Å². The van der Waals surface area contributed by atoms with Crippen LogP contribution in [0.3, 0.4) is 0 Å². The Morgan fingerprint density at radius 3 is 3.21 bits per heavy atom. The molecule has 1 N–H and O–H groups in total. The van der Waals surface area contributed by atoms with Crippen molar-refractivity contribution in [2.24, 2.45) is 0 Å². The molecule has 126 valence electrons. The SMILES string of the molecule is C=CCn1ccnc1SCCCOc1ccc2c(c1)NC(=O)CC2. The lowest BCUT2D eigenvalue weighted by Crippen LogP contribution is -2.18. The van der Waals surface area contributed by atoms with Crippen molar-refractivity contribution < 1.29 is 9.53 Å². The highest BCUT2D eigenvalue weighted by Crippen LogP contribution is 2.27. The fourth-order valence-corrected chi connectivity index (χ4v) is 3.45. The lowest BCUT2D eigenvalue weighted by molar-refractivity contribution is -0.116. The second kappa shape index (κ2) is 8.06. The first-order chi connectivity index (χ1) is 11.8. The molecule has 3 rings (SSSR count). The lowest BCUT2D eigenvalue weighted by Gasteiger charge is -2.17. The fourth-order valence-electron chi connectivity index (χ4n) is 2.57. The van der Waals surface area contributed by atoms with Gasteiger partial charge < -0.3 is 14.6 Å². The number of aryl methyl sites for hydroxylation is 1. The van der Waals surface area contributed by atoms with Gasteiger partial charge >= 0.3 is 0 Å². The summed E-state index contributed by atoms with van der Waals surface area (Å²) in [6, 6.07) is 5.92. The monoisotopic (exact) mass is 343 g/mol. The third-order valence-corrected chi connectivity index (χ3v) is 4.86. The number of amides is 1. The van der Waals surface area contributed by atoms with E-state index >= 15 is 0 Å². The number of allylic oxidation sites excluding steroid dienone is 1. The minimum Gasteiger partial charge on any atom is -0.493 e. The van der Waals surface area contributed by atoms with Crippen molar-refractivity contribution in [3.63, 3.8) is 0 Å². The van der Waals surface area contributed by atoms with Gasteiger partial charge in [0.2, 0.25) is 5.91 Å². The van der Waals surface area contributed by atoms with Crippen LogP contribution in [0.2, 0.25) is 0 Å². The van der Waals surface area contributed by atoms with Crippen molar-refractivity contribution in [3.05, 3.63) is 48.8 Å². The molecule has 0 radical (unpaired) electrons. The van der Waals surface area contributed by atoms with Crippen LogP contribution < -0.4 is 10.1 Å². The Kier molecular flexibility index (Phi) is 5.59. The van der Waals surface area contributed by atoms with Gasteiger partial charge in [-0.05, 0) is 24.5 Å². The zero-order chi connectivity index (χ0) is 16.8. The predicted molar refractivity (Wildman–Crippen MR) is 96.7 cm³/mol. The third kappa shape index (κ3) is 4.20. The highest BCUT2D eigenvalue weighted by atomic mass is 32.2. The summed E-state index contributed by atoms with van der Waals surface area (Å²) in [5, 5.41) is 3.90. The van der Waals surface area contributed by atoms with E-state index in [1.165, 1.54) is 5.56 Å². The molecule has 24 heavy (non-hydrogen) atoms. The van der Waals surface area contributed by atoms with Crippen molar-refractivity contribution in [2.75, 3.05) is 17.7 Å². The minimum atomic E-state index is 0.0751. The molecule has 1 aliphatic heterocycles. The van der Waals surface area contributed by atoms with Crippen molar-refractivity contribution >= 4 is 23.4 Å². The Bertz CT molecular complexity index is 727. The van der Waals surface area contributed by atoms with Crippen molar-refractivity contribution in [2.45, 2.75) is 31.0 Å². The summed E-state index contributed by atoms with van der Waals surface area (Å²) < 4.78 is 7.87. The van der Waals surface area contributed by atoms with Gasteiger partial charge in [0.15, 0.2) is 5.16 Å². The van der Waals surface area contributed by atoms with Crippen molar-refractivity contribution in [1.29, 1.82) is 0 Å². The van der Waals surface area contributed by atoms with Gasteiger partial charge in [0.1, 0.15) is 5.75 Å². The molecule has 0 atom stereocenters. The molecule has 0 saturated carbocycles. The van der Waals surface area contributed by atoms with Gasteiger partial charge in [-0.3, -0.25) is 4.79 Å². The molecular formula is C18H21N3O2S. The summed E-state index contributed by atoms with van der Waals surface area (Å²) >= 11 is 1.72. The average Bonchev–Trinajstić information content (AvgIpc) is 3.02. The first-order valence-electron chi connectivity index (χ1n) is 8.06. The van der Waals surface area contributed by atoms with Crippen molar-refractivity contribution in [1.82, 2.24) is 9.55 Å². The van der Waals surface area contributed by atoms with Gasteiger partial charge in [-0.2, -0.15) is 0 Å². The number of rotatable bonds is 8. The molecule has 1 aromatic carbocycles. The second-order valence-corrected chi connectivity index (χ2v) is 6.63. The Balaban J connectivity index is 1.43. The molecule has 6 heteroatoms. The van der Waals surface area contributed by atoms with E-state index in [9.17, 15) is 4.79 Å². The lowest BCUT2D eigenvalue weighted by atomic mass is 10.0. The quantitative estimate of drug-likeness (QED) is 0.453. The number of nitrogens with zero attached hydrogens (tertiary/aromatic N) is 2. The molecule has 1 amide bonds. The number of carbonyl (C=O) groups excluding carboxylic acids is 1. The van der Waals surface area contributed by atoms with Gasteiger partial charge in [0.25, 0.3) is 0 Å². The van der Waals surface area contributed by atoms with Gasteiger partial charge in [-0.15, -0.1) is 6.58 Å². The van der Waals surface area contributed by atoms with E-state index in [0.717, 1.165) is 41.7 Å². The number of imidazole rings is 1. The molecule has 0 bridgehead atoms. The number of fused-ring (bicyclic) bond motifs is 1. The number of aromatic nitrogens is 2. The standard InChI is InChI=1S/C18H21N3O2S/c1-2-9-21-10-8-19-18(21)24-12-3-11-23-15-6-4-14-5-7-17(22)20-16(14)13-15/h2,4,6,8,10,13H,1,3,5,7,9,11-12H2,(H,20,22). The molecule has 5 nitrogen and oxygen atoms in total. The van der Waals surface area contributed by atoms with Crippen molar-refractivity contribution in [3.8, 4) is 5.75 Å². The number of anilines is 1. The van der Waals surface area contributed by atoms with Crippen LogP contribution in [-0.4, -0.2) is 27.8 Å². The normalized spacial score (nSPS) is 13.2. The molecule has 0 aliphatic carbocycles. The van der Waals surface area contributed by atoms with Crippen LogP contribution in [0, 0.1) is 0 Å². The zero-order valence-electron chi connectivity index (χ0n) is 13.5. The summed E-state index contributed by atoms with van der Waals surface area (Å²) in [5.74, 6) is 1.82. The van der Waals surface area contributed by atoms with Gasteiger partial charge in [-0.1, -0.05) is 23.9 Å². The smallest absolute Gasteiger partial charge is 0.224 e. The number of ether oxygens (including phenoxy) is 1. The van der Waals surface area contributed by atoms with Crippen LogP contribution in [0.15, 0.2) is 48.4 Å². The number of thioether (sulfide) groups is 1. The third-order valence-electron chi connectivity index (χ3n) is 3.77. The van der Waals surface area contributed by atoms with E-state index in [1.807, 2.05) is 36.7 Å². The highest BCUT2D eigenvalue weighted by Gasteiger charge is 2.14. The number of carbonyl (C=O) groups is 1. The van der Waals surface area contributed by atoms with Crippen LogP contribution in [0.4, 0.5) is 5.69 Å². The number of hydrogen-bond donors (Lipinski definition) is 1. The maximum Gasteiger partial charge on any atom is 0.224 e. The highest BCUT2D eigenvalue weighted by molar-refractivity contribution is 7.99. The van der Waals surface area contributed by atoms with E-state index in [1.54, 1.807) is 11.8 Å². The Morgan fingerprint density at radius 2 is 2.33 bits per heavy atom. The number of nitrogens with one attached hydrogen (secondary N) is 1. The molecule has 0 unspecified atom stereocenters. The summed E-state index contributed by atoms with van der Waals surface area (Å²) in [5.41, 5.74) is 2.05. The molecule has 0 fully saturated rings. The van der Waals surface area contributed by atoms with Gasteiger partial charge in [-0.25, -0.2) is 4.98 Å². The fraction of sp³-hybridized carbons (Fsp3) is 0.333. The van der Waals surface area contributed by atoms with E-state index in [4.69, 9.17) is 4.74 Å². The topological polar surface area (TPSA) is 56.1 Å². The molecule has 1 aromatic heterocycles. The Labute approximate surface area is 146 Å². The molecule has 1 aliphatic rings. The molecule has 2 heterocycles. The van der Waals surface area contributed by atoms with Gasteiger partial charge in [0, 0.05) is 42.9 Å². The van der Waals surface area contributed by atoms with Crippen LogP contribution in [-0.2, 0) is 17.8 Å². The molecule has 0 spiro atoms. The summed E-state index contributed by atoms with van der Waals surface area (Å²) in [4.78, 5) is 15.8. The molecular weight excluding hydrogens is 322 g/mol. The Morgan fingerprint density at radius 1 is 1.42 bits per heavy atom. The van der Waals surface area contributed by atoms with E-state index in [-0.39, 0.29) is 5.91 Å². The predicted octanol–water partition coefficient (Wildman–Crippen LogP) is 3.52. The molecule has 2 aromatic rings. The van der Waals surface area contributed by atoms with E-state index in [2.05, 4.69) is 21.4 Å². The Hall–Kier alpha value is -2.21.